The van der Waals surface area contributed by atoms with Gasteiger partial charge in [-0.3, -0.25) is 9.59 Å². The Morgan fingerprint density at radius 2 is 1.85 bits per heavy atom. The molecule has 8 nitrogen and oxygen atoms in total. The molecule has 0 bridgehead atoms. The fourth-order valence-electron chi connectivity index (χ4n) is 3.76. The van der Waals surface area contributed by atoms with Gasteiger partial charge in [-0.15, -0.1) is 0 Å². The molecule has 0 radical (unpaired) electrons. The Morgan fingerprint density at radius 1 is 1.18 bits per heavy atom. The summed E-state index contributed by atoms with van der Waals surface area (Å²) in [5, 5.41) is 3.43. The van der Waals surface area contributed by atoms with Crippen molar-refractivity contribution in [3.63, 3.8) is 0 Å². The maximum atomic E-state index is 13.4. The highest BCUT2D eigenvalue weighted by Gasteiger charge is 2.49. The van der Waals surface area contributed by atoms with Crippen LogP contribution < -0.4 is 10.1 Å². The number of ether oxygens (including phenoxy) is 1. The number of hydrogen-bond donors (Lipinski definition) is 1. The molecule has 0 aliphatic carbocycles. The highest BCUT2D eigenvalue weighted by Crippen LogP contribution is 2.29. The number of amides is 2. The molecular weight excluding hydrogens is 466 g/mol. The third-order valence-electron chi connectivity index (χ3n) is 5.62. The third-order valence-corrected chi connectivity index (χ3v) is 7.07. The van der Waals surface area contributed by atoms with Gasteiger partial charge in [-0.2, -0.15) is 4.31 Å². The second-order valence-electron chi connectivity index (χ2n) is 8.13. The van der Waals surface area contributed by atoms with Crippen molar-refractivity contribution in [3.8, 4) is 5.75 Å². The molecule has 0 spiro atoms. The van der Waals surface area contributed by atoms with E-state index in [2.05, 4.69) is 5.32 Å². The molecule has 1 aliphatic heterocycles. The van der Waals surface area contributed by atoms with Crippen molar-refractivity contribution in [1.82, 2.24) is 14.5 Å². The standard InChI is InChI=1S/C23H28ClN3O5S/c1-4-32-20-8-6-5-7-18(20)14-27-21(28)15-26(33(3,30)31)16-23(27,2)22(29)25-13-17-9-11-19(24)12-10-17/h5-12H,4,13-16H2,1-3H3,(H,25,29)/t23-/m0/s1. The Balaban J connectivity index is 1.91. The van der Waals surface area contributed by atoms with Gasteiger partial charge in [0.1, 0.15) is 11.3 Å². The first-order chi connectivity index (χ1) is 15.5. The minimum Gasteiger partial charge on any atom is -0.494 e. The van der Waals surface area contributed by atoms with Crippen LogP contribution in [-0.2, 0) is 32.7 Å². The molecule has 1 fully saturated rings. The molecule has 1 aliphatic rings. The number of hydrogen-bond acceptors (Lipinski definition) is 5. The van der Waals surface area contributed by atoms with Crippen molar-refractivity contribution >= 4 is 33.4 Å². The number of piperazine rings is 1. The lowest BCUT2D eigenvalue weighted by Gasteiger charge is -2.46. The molecule has 2 aromatic carbocycles. The van der Waals surface area contributed by atoms with Gasteiger partial charge in [-0.1, -0.05) is 41.9 Å². The van der Waals surface area contributed by atoms with Crippen LogP contribution in [0.4, 0.5) is 0 Å². The predicted octanol–water partition coefficient (Wildman–Crippen LogP) is 2.42. The zero-order chi connectivity index (χ0) is 24.2. The van der Waals surface area contributed by atoms with Crippen molar-refractivity contribution in [2.24, 2.45) is 0 Å². The van der Waals surface area contributed by atoms with Gasteiger partial charge in [0.2, 0.25) is 21.8 Å². The first kappa shape index (κ1) is 25.0. The number of carbonyl (C=O) groups excluding carboxylic acids is 2. The molecule has 2 aromatic rings. The maximum Gasteiger partial charge on any atom is 0.247 e. The van der Waals surface area contributed by atoms with Crippen LogP contribution in [-0.4, -0.2) is 60.9 Å². The fourth-order valence-corrected chi connectivity index (χ4v) is 4.72. The van der Waals surface area contributed by atoms with E-state index in [0.29, 0.717) is 17.4 Å². The normalized spacial score (nSPS) is 19.4. The molecule has 0 aromatic heterocycles. The lowest BCUT2D eigenvalue weighted by molar-refractivity contribution is -0.153. The molecule has 3 rings (SSSR count). The van der Waals surface area contributed by atoms with Crippen LogP contribution in [0.3, 0.4) is 0 Å². The summed E-state index contributed by atoms with van der Waals surface area (Å²) in [6.45, 7) is 3.74. The highest BCUT2D eigenvalue weighted by molar-refractivity contribution is 7.88. The van der Waals surface area contributed by atoms with Gasteiger partial charge in [0.15, 0.2) is 0 Å². The van der Waals surface area contributed by atoms with Gasteiger partial charge in [0.25, 0.3) is 0 Å². The number of carbonyl (C=O) groups is 2. The Kier molecular flexibility index (Phi) is 7.66. The van der Waals surface area contributed by atoms with E-state index in [1.165, 1.54) is 4.90 Å². The second kappa shape index (κ2) is 10.1. The van der Waals surface area contributed by atoms with Gasteiger partial charge < -0.3 is 15.0 Å². The molecule has 1 saturated heterocycles. The van der Waals surface area contributed by atoms with Gasteiger partial charge in [0, 0.05) is 23.7 Å². The molecule has 1 atom stereocenters. The van der Waals surface area contributed by atoms with E-state index < -0.39 is 27.4 Å². The third kappa shape index (κ3) is 5.85. The number of para-hydroxylation sites is 1. The minimum atomic E-state index is -3.68. The topological polar surface area (TPSA) is 96.0 Å². The monoisotopic (exact) mass is 493 g/mol. The van der Waals surface area contributed by atoms with Gasteiger partial charge in [-0.25, -0.2) is 8.42 Å². The number of nitrogens with zero attached hydrogens (tertiary/aromatic N) is 2. The lowest BCUT2D eigenvalue weighted by Crippen LogP contribution is -2.69. The Morgan fingerprint density at radius 3 is 2.48 bits per heavy atom. The average molecular weight is 494 g/mol. The van der Waals surface area contributed by atoms with Crippen LogP contribution in [0.15, 0.2) is 48.5 Å². The molecule has 33 heavy (non-hydrogen) atoms. The summed E-state index contributed by atoms with van der Waals surface area (Å²) in [7, 11) is -3.68. The molecule has 0 saturated carbocycles. The maximum absolute atomic E-state index is 13.4. The van der Waals surface area contributed by atoms with Gasteiger partial charge in [-0.05, 0) is 37.6 Å². The Labute approximate surface area is 199 Å². The van der Waals surface area contributed by atoms with E-state index >= 15 is 0 Å². The SMILES string of the molecule is CCOc1ccccc1CN1C(=O)CN(S(C)(=O)=O)C[C@@]1(C)C(=O)NCc1ccc(Cl)cc1. The molecule has 1 N–H and O–H groups in total. The minimum absolute atomic E-state index is 0.109. The van der Waals surface area contributed by atoms with E-state index in [4.69, 9.17) is 16.3 Å². The highest BCUT2D eigenvalue weighted by atomic mass is 35.5. The zero-order valence-electron chi connectivity index (χ0n) is 18.9. The predicted molar refractivity (Wildman–Crippen MR) is 126 cm³/mol. The van der Waals surface area contributed by atoms with Crippen LogP contribution >= 0.6 is 11.6 Å². The molecule has 2 amide bonds. The molecular formula is C23H28ClN3O5S. The largest absolute Gasteiger partial charge is 0.494 e. The van der Waals surface area contributed by atoms with E-state index in [0.717, 1.165) is 21.7 Å². The summed E-state index contributed by atoms with van der Waals surface area (Å²) < 4.78 is 31.2. The number of halogens is 1. The second-order valence-corrected chi connectivity index (χ2v) is 10.6. The molecule has 0 unspecified atom stereocenters. The summed E-state index contributed by atoms with van der Waals surface area (Å²) in [4.78, 5) is 28.0. The molecule has 10 heteroatoms. The zero-order valence-corrected chi connectivity index (χ0v) is 20.4. The van der Waals surface area contributed by atoms with Crippen molar-refractivity contribution in [3.05, 3.63) is 64.7 Å². The number of sulfonamides is 1. The average Bonchev–Trinajstić information content (AvgIpc) is 2.76. The first-order valence-corrected chi connectivity index (χ1v) is 12.8. The number of nitrogens with one attached hydrogen (secondary N) is 1. The van der Waals surface area contributed by atoms with Crippen LogP contribution in [0.2, 0.25) is 5.02 Å². The quantitative estimate of drug-likeness (QED) is 0.609. The van der Waals surface area contributed by atoms with E-state index in [-0.39, 0.29) is 26.2 Å². The van der Waals surface area contributed by atoms with Gasteiger partial charge in [0.05, 0.1) is 26.0 Å². The van der Waals surface area contributed by atoms with Crippen molar-refractivity contribution < 1.29 is 22.7 Å². The van der Waals surface area contributed by atoms with Gasteiger partial charge >= 0.3 is 0 Å². The molecule has 1 heterocycles. The smallest absolute Gasteiger partial charge is 0.247 e. The van der Waals surface area contributed by atoms with Crippen LogP contribution in [0.1, 0.15) is 25.0 Å². The number of rotatable bonds is 8. The summed E-state index contributed by atoms with van der Waals surface area (Å²) in [5.74, 6) is -0.294. The summed E-state index contributed by atoms with van der Waals surface area (Å²) in [6, 6.07) is 14.3. The summed E-state index contributed by atoms with van der Waals surface area (Å²) in [6.07, 6.45) is 1.03. The summed E-state index contributed by atoms with van der Waals surface area (Å²) >= 11 is 5.92. The summed E-state index contributed by atoms with van der Waals surface area (Å²) in [5.41, 5.74) is 0.133. The lowest BCUT2D eigenvalue weighted by atomic mass is 9.94. The van der Waals surface area contributed by atoms with Crippen LogP contribution in [0.25, 0.3) is 0 Å². The number of benzene rings is 2. The fraction of sp³-hybridized carbons (Fsp3) is 0.391. The van der Waals surface area contributed by atoms with E-state index in [1.807, 2.05) is 25.1 Å². The van der Waals surface area contributed by atoms with E-state index in [9.17, 15) is 18.0 Å². The molecule has 178 valence electrons. The van der Waals surface area contributed by atoms with E-state index in [1.54, 1.807) is 37.3 Å². The Bertz CT molecular complexity index is 1120. The Hall–Kier alpha value is -2.62. The first-order valence-electron chi connectivity index (χ1n) is 10.5. The van der Waals surface area contributed by atoms with Crippen molar-refractivity contribution in [1.29, 1.82) is 0 Å². The van der Waals surface area contributed by atoms with Crippen LogP contribution in [0.5, 0.6) is 5.75 Å². The van der Waals surface area contributed by atoms with Crippen molar-refractivity contribution in [2.75, 3.05) is 26.0 Å². The van der Waals surface area contributed by atoms with Crippen LogP contribution in [0, 0.1) is 0 Å². The van der Waals surface area contributed by atoms with Crippen molar-refractivity contribution in [2.45, 2.75) is 32.5 Å².